The number of nitrogens with one attached hydrogen (secondary N) is 1. The quantitative estimate of drug-likeness (QED) is 0.794. The Bertz CT molecular complexity index is 683. The van der Waals surface area contributed by atoms with Crippen LogP contribution in [0.2, 0.25) is 0 Å². The molecule has 150 valence electrons. The van der Waals surface area contributed by atoms with Crippen LogP contribution in [0.1, 0.15) is 50.8 Å². The number of carbonyl (C=O) groups is 2. The molecule has 1 aliphatic rings. The minimum Gasteiger partial charge on any atom is -0.497 e. The van der Waals surface area contributed by atoms with E-state index in [0.717, 1.165) is 16.9 Å². The molecule has 0 bridgehead atoms. The zero-order valence-corrected chi connectivity index (χ0v) is 16.7. The summed E-state index contributed by atoms with van der Waals surface area (Å²) in [5.41, 5.74) is 1.12. The molecule has 7 nitrogen and oxygen atoms in total. The van der Waals surface area contributed by atoms with Crippen LogP contribution in [-0.4, -0.2) is 53.8 Å². The van der Waals surface area contributed by atoms with Crippen LogP contribution in [0.3, 0.4) is 0 Å². The summed E-state index contributed by atoms with van der Waals surface area (Å²) in [6, 6.07) is 5.18. The molecule has 2 amide bonds. The van der Waals surface area contributed by atoms with Gasteiger partial charge in [0.25, 0.3) is 0 Å². The van der Waals surface area contributed by atoms with Gasteiger partial charge in [-0.2, -0.15) is 0 Å². The summed E-state index contributed by atoms with van der Waals surface area (Å²) in [7, 11) is 1.60. The van der Waals surface area contributed by atoms with Gasteiger partial charge in [0.15, 0.2) is 0 Å². The Morgan fingerprint density at radius 1 is 1.41 bits per heavy atom. The Balaban J connectivity index is 2.00. The van der Waals surface area contributed by atoms with E-state index < -0.39 is 17.8 Å². The van der Waals surface area contributed by atoms with E-state index in [1.165, 1.54) is 0 Å². The van der Waals surface area contributed by atoms with Crippen molar-refractivity contribution in [1.82, 2.24) is 10.2 Å². The number of aliphatic hydroxyl groups excluding tert-OH is 1. The third-order valence-electron chi connectivity index (χ3n) is 4.56. The van der Waals surface area contributed by atoms with Crippen molar-refractivity contribution in [3.63, 3.8) is 0 Å². The molecule has 1 aromatic carbocycles. The largest absolute Gasteiger partial charge is 0.497 e. The second kappa shape index (κ2) is 8.61. The van der Waals surface area contributed by atoms with Gasteiger partial charge in [-0.25, -0.2) is 4.79 Å². The van der Waals surface area contributed by atoms with Crippen LogP contribution in [0, 0.1) is 6.92 Å². The SMILES string of the molecule is COc1ccc(C(O)C2CCC(=O)N2CCNC(=O)OC(C)(C)C)c(C)c1. The first kappa shape index (κ1) is 21.0. The summed E-state index contributed by atoms with van der Waals surface area (Å²) in [6.07, 6.45) is -0.331. The topological polar surface area (TPSA) is 88.1 Å². The van der Waals surface area contributed by atoms with Crippen LogP contribution in [0.15, 0.2) is 18.2 Å². The molecule has 0 spiro atoms. The van der Waals surface area contributed by atoms with Crippen LogP contribution in [0.5, 0.6) is 5.75 Å². The van der Waals surface area contributed by atoms with Gasteiger partial charge in [0.05, 0.1) is 19.3 Å². The van der Waals surface area contributed by atoms with E-state index in [0.29, 0.717) is 19.4 Å². The molecule has 1 saturated heterocycles. The lowest BCUT2D eigenvalue weighted by atomic mass is 9.96. The van der Waals surface area contributed by atoms with Crippen LogP contribution >= 0.6 is 0 Å². The minimum atomic E-state index is -0.788. The Morgan fingerprint density at radius 3 is 2.70 bits per heavy atom. The van der Waals surface area contributed by atoms with Gasteiger partial charge in [0.2, 0.25) is 5.91 Å². The Morgan fingerprint density at radius 2 is 2.11 bits per heavy atom. The summed E-state index contributed by atoms with van der Waals surface area (Å²) < 4.78 is 10.4. The number of ether oxygens (including phenoxy) is 2. The van der Waals surface area contributed by atoms with E-state index in [9.17, 15) is 14.7 Å². The molecule has 1 heterocycles. The van der Waals surface area contributed by atoms with Crippen LogP contribution < -0.4 is 10.1 Å². The minimum absolute atomic E-state index is 0.0174. The second-order valence-electron chi connectivity index (χ2n) is 7.79. The van der Waals surface area contributed by atoms with Gasteiger partial charge in [0, 0.05) is 19.5 Å². The van der Waals surface area contributed by atoms with Gasteiger partial charge in [0.1, 0.15) is 11.4 Å². The van der Waals surface area contributed by atoms with E-state index in [1.807, 2.05) is 19.1 Å². The first-order chi connectivity index (χ1) is 12.6. The van der Waals surface area contributed by atoms with Crippen LogP contribution in [0.4, 0.5) is 4.79 Å². The lowest BCUT2D eigenvalue weighted by molar-refractivity contribution is -0.130. The highest BCUT2D eigenvalue weighted by molar-refractivity contribution is 5.79. The number of aliphatic hydroxyl groups is 1. The molecule has 27 heavy (non-hydrogen) atoms. The molecule has 1 aromatic rings. The Labute approximate surface area is 160 Å². The highest BCUT2D eigenvalue weighted by atomic mass is 16.6. The molecule has 7 heteroatoms. The normalized spacial score (nSPS) is 18.4. The second-order valence-corrected chi connectivity index (χ2v) is 7.79. The number of nitrogens with zero attached hydrogens (tertiary/aromatic N) is 1. The third kappa shape index (κ3) is 5.60. The van der Waals surface area contributed by atoms with Crippen molar-refractivity contribution < 1.29 is 24.2 Å². The molecule has 1 fully saturated rings. The number of benzene rings is 1. The summed E-state index contributed by atoms with van der Waals surface area (Å²) >= 11 is 0. The number of rotatable bonds is 6. The predicted molar refractivity (Wildman–Crippen MR) is 102 cm³/mol. The van der Waals surface area contributed by atoms with Crippen molar-refractivity contribution in [3.8, 4) is 5.75 Å². The number of alkyl carbamates (subject to hydrolysis) is 1. The van der Waals surface area contributed by atoms with Crippen molar-refractivity contribution in [2.75, 3.05) is 20.2 Å². The maximum atomic E-state index is 12.3. The molecule has 0 radical (unpaired) electrons. The van der Waals surface area contributed by atoms with Crippen molar-refractivity contribution in [1.29, 1.82) is 0 Å². The molecular formula is C20H30N2O5. The smallest absolute Gasteiger partial charge is 0.407 e. The molecule has 2 atom stereocenters. The van der Waals surface area contributed by atoms with Crippen molar-refractivity contribution in [3.05, 3.63) is 29.3 Å². The van der Waals surface area contributed by atoms with E-state index >= 15 is 0 Å². The maximum Gasteiger partial charge on any atom is 0.407 e. The van der Waals surface area contributed by atoms with Crippen LogP contribution in [-0.2, 0) is 9.53 Å². The standard InChI is InChI=1S/C20H30N2O5/c1-13-12-14(26-5)6-7-15(13)18(24)16-8-9-17(23)22(16)11-10-21-19(25)27-20(2,3)4/h6-7,12,16,18,24H,8-11H2,1-5H3,(H,21,25). The Hall–Kier alpha value is -2.28. The van der Waals surface area contributed by atoms with Crippen molar-refractivity contribution in [2.45, 2.75) is 58.3 Å². The third-order valence-corrected chi connectivity index (χ3v) is 4.56. The summed E-state index contributed by atoms with van der Waals surface area (Å²) in [5, 5.41) is 13.5. The molecule has 2 rings (SSSR count). The van der Waals surface area contributed by atoms with Gasteiger partial charge in [-0.3, -0.25) is 4.79 Å². The number of aryl methyl sites for hydroxylation is 1. The molecular weight excluding hydrogens is 348 g/mol. The number of carbonyl (C=O) groups excluding carboxylic acids is 2. The van der Waals surface area contributed by atoms with Gasteiger partial charge < -0.3 is 24.8 Å². The van der Waals surface area contributed by atoms with E-state index in [2.05, 4.69) is 5.32 Å². The van der Waals surface area contributed by atoms with Gasteiger partial charge in [-0.15, -0.1) is 0 Å². The van der Waals surface area contributed by atoms with Crippen molar-refractivity contribution in [2.24, 2.45) is 0 Å². The maximum absolute atomic E-state index is 12.3. The average Bonchev–Trinajstić information content (AvgIpc) is 2.93. The highest BCUT2D eigenvalue weighted by Gasteiger charge is 2.36. The van der Waals surface area contributed by atoms with E-state index in [1.54, 1.807) is 38.8 Å². The molecule has 0 saturated carbocycles. The fourth-order valence-corrected chi connectivity index (χ4v) is 3.28. The lowest BCUT2D eigenvalue weighted by Gasteiger charge is -2.30. The summed E-state index contributed by atoms with van der Waals surface area (Å²) in [6.45, 7) is 7.88. The average molecular weight is 378 g/mol. The number of hydrogen-bond acceptors (Lipinski definition) is 5. The van der Waals surface area contributed by atoms with E-state index in [4.69, 9.17) is 9.47 Å². The van der Waals surface area contributed by atoms with Gasteiger partial charge >= 0.3 is 6.09 Å². The first-order valence-corrected chi connectivity index (χ1v) is 9.21. The molecule has 0 aliphatic carbocycles. The molecule has 2 unspecified atom stereocenters. The fraction of sp³-hybridized carbons (Fsp3) is 0.600. The first-order valence-electron chi connectivity index (χ1n) is 9.21. The van der Waals surface area contributed by atoms with Gasteiger partial charge in [-0.1, -0.05) is 6.07 Å². The predicted octanol–water partition coefficient (Wildman–Crippen LogP) is 2.55. The fourth-order valence-electron chi connectivity index (χ4n) is 3.28. The monoisotopic (exact) mass is 378 g/mol. The highest BCUT2D eigenvalue weighted by Crippen LogP contribution is 2.32. The zero-order chi connectivity index (χ0) is 20.2. The lowest BCUT2D eigenvalue weighted by Crippen LogP contribution is -2.43. The zero-order valence-electron chi connectivity index (χ0n) is 16.7. The molecule has 2 N–H and O–H groups in total. The Kier molecular flexibility index (Phi) is 6.70. The number of hydrogen-bond donors (Lipinski definition) is 2. The summed E-state index contributed by atoms with van der Waals surface area (Å²) in [4.78, 5) is 25.7. The van der Waals surface area contributed by atoms with Crippen molar-refractivity contribution >= 4 is 12.0 Å². The number of amides is 2. The van der Waals surface area contributed by atoms with Crippen LogP contribution in [0.25, 0.3) is 0 Å². The summed E-state index contributed by atoms with van der Waals surface area (Å²) in [5.74, 6) is 0.709. The number of methoxy groups -OCH3 is 1. The van der Waals surface area contributed by atoms with E-state index in [-0.39, 0.29) is 18.5 Å². The molecule has 1 aliphatic heterocycles. The van der Waals surface area contributed by atoms with Gasteiger partial charge in [-0.05, 0) is 57.4 Å². The number of likely N-dealkylation sites (tertiary alicyclic amines) is 1. The molecule has 0 aromatic heterocycles.